The quantitative estimate of drug-likeness (QED) is 0.768. The van der Waals surface area contributed by atoms with Gasteiger partial charge in [0.25, 0.3) is 5.91 Å². The Kier molecular flexibility index (Phi) is 4.47. The third kappa shape index (κ3) is 3.65. The number of hydrogen-bond acceptors (Lipinski definition) is 1. The smallest absolute Gasteiger partial charge is 0.253 e. The van der Waals surface area contributed by atoms with Crippen LogP contribution in [0.4, 0.5) is 4.39 Å². The van der Waals surface area contributed by atoms with Crippen LogP contribution in [0.5, 0.6) is 0 Å². The highest BCUT2D eigenvalue weighted by Gasteiger charge is 2.11. The summed E-state index contributed by atoms with van der Waals surface area (Å²) in [4.78, 5) is 13.5. The lowest BCUT2D eigenvalue weighted by molar-refractivity contribution is 0.0789. The molecule has 3 heteroatoms. The summed E-state index contributed by atoms with van der Waals surface area (Å²) in [5.74, 6) is 0.200. The topological polar surface area (TPSA) is 20.3 Å². The first-order chi connectivity index (χ1) is 7.50. The molecule has 0 radical (unpaired) electrons. The van der Waals surface area contributed by atoms with E-state index in [2.05, 4.69) is 13.8 Å². The van der Waals surface area contributed by atoms with Crippen molar-refractivity contribution in [3.05, 3.63) is 35.6 Å². The molecule has 0 fully saturated rings. The lowest BCUT2D eigenvalue weighted by atomic mass is 10.1. The number of carbonyl (C=O) groups is 1. The minimum absolute atomic E-state index is 0.0550. The first-order valence-corrected chi connectivity index (χ1v) is 5.51. The summed E-state index contributed by atoms with van der Waals surface area (Å²) in [6.45, 7) is 4.97. The Labute approximate surface area is 96.1 Å². The van der Waals surface area contributed by atoms with Crippen LogP contribution in [0.25, 0.3) is 0 Å². The molecule has 1 aromatic carbocycles. The molecular weight excluding hydrogens is 205 g/mol. The third-order valence-corrected chi connectivity index (χ3v) is 2.48. The van der Waals surface area contributed by atoms with Crippen LogP contribution >= 0.6 is 0 Å². The Balaban J connectivity index is 2.60. The van der Waals surface area contributed by atoms with Crippen molar-refractivity contribution in [3.63, 3.8) is 0 Å². The molecular formula is C13H18FNO. The van der Waals surface area contributed by atoms with Crippen LogP contribution < -0.4 is 0 Å². The Morgan fingerprint density at radius 1 is 1.31 bits per heavy atom. The van der Waals surface area contributed by atoms with Crippen LogP contribution in [0.2, 0.25) is 0 Å². The molecule has 0 spiro atoms. The molecule has 0 aliphatic rings. The van der Waals surface area contributed by atoms with Gasteiger partial charge in [0.15, 0.2) is 0 Å². The van der Waals surface area contributed by atoms with Crippen molar-refractivity contribution in [1.29, 1.82) is 0 Å². The molecule has 0 bridgehead atoms. The van der Waals surface area contributed by atoms with E-state index in [1.165, 1.54) is 24.3 Å². The molecule has 1 aromatic rings. The van der Waals surface area contributed by atoms with Crippen LogP contribution in [0, 0.1) is 11.7 Å². The number of halogens is 1. The highest BCUT2D eigenvalue weighted by Crippen LogP contribution is 2.07. The minimum atomic E-state index is -0.318. The van der Waals surface area contributed by atoms with Gasteiger partial charge in [-0.15, -0.1) is 0 Å². The summed E-state index contributed by atoms with van der Waals surface area (Å²) < 4.78 is 12.7. The highest BCUT2D eigenvalue weighted by atomic mass is 19.1. The van der Waals surface area contributed by atoms with Gasteiger partial charge in [-0.05, 0) is 36.6 Å². The van der Waals surface area contributed by atoms with Crippen LogP contribution in [-0.4, -0.2) is 24.4 Å². The van der Waals surface area contributed by atoms with Crippen molar-refractivity contribution in [2.45, 2.75) is 20.3 Å². The second-order valence-corrected chi connectivity index (χ2v) is 4.42. The SMILES string of the molecule is CC(C)CCN(C)C(=O)c1ccc(F)cc1. The van der Waals surface area contributed by atoms with Crippen molar-refractivity contribution in [2.24, 2.45) is 5.92 Å². The van der Waals surface area contributed by atoms with Crippen LogP contribution in [0.3, 0.4) is 0 Å². The second-order valence-electron chi connectivity index (χ2n) is 4.42. The Hall–Kier alpha value is -1.38. The lowest BCUT2D eigenvalue weighted by Crippen LogP contribution is -2.28. The van der Waals surface area contributed by atoms with E-state index in [0.717, 1.165) is 13.0 Å². The fourth-order valence-corrected chi connectivity index (χ4v) is 1.37. The molecule has 1 rings (SSSR count). The first kappa shape index (κ1) is 12.7. The maximum absolute atomic E-state index is 12.7. The van der Waals surface area contributed by atoms with E-state index < -0.39 is 0 Å². The summed E-state index contributed by atoms with van der Waals surface area (Å²) in [5, 5.41) is 0. The number of rotatable bonds is 4. The van der Waals surface area contributed by atoms with Gasteiger partial charge in [-0.1, -0.05) is 13.8 Å². The standard InChI is InChI=1S/C13H18FNO/c1-10(2)8-9-15(3)13(16)11-4-6-12(14)7-5-11/h4-7,10H,8-9H2,1-3H3. The monoisotopic (exact) mass is 223 g/mol. The van der Waals surface area contributed by atoms with E-state index in [4.69, 9.17) is 0 Å². The number of nitrogens with zero attached hydrogens (tertiary/aromatic N) is 1. The van der Waals surface area contributed by atoms with Gasteiger partial charge in [-0.2, -0.15) is 0 Å². The lowest BCUT2D eigenvalue weighted by Gasteiger charge is -2.18. The summed E-state index contributed by atoms with van der Waals surface area (Å²) in [6.07, 6.45) is 0.976. The van der Waals surface area contributed by atoms with Crippen molar-refractivity contribution < 1.29 is 9.18 Å². The predicted molar refractivity (Wildman–Crippen MR) is 62.8 cm³/mol. The molecule has 0 aliphatic heterocycles. The molecule has 0 N–H and O–H groups in total. The van der Waals surface area contributed by atoms with Crippen LogP contribution in [0.15, 0.2) is 24.3 Å². The van der Waals surface area contributed by atoms with Gasteiger partial charge in [0.2, 0.25) is 0 Å². The zero-order chi connectivity index (χ0) is 12.1. The Morgan fingerprint density at radius 2 is 1.88 bits per heavy atom. The Morgan fingerprint density at radius 3 is 2.38 bits per heavy atom. The maximum Gasteiger partial charge on any atom is 0.253 e. The third-order valence-electron chi connectivity index (χ3n) is 2.48. The van der Waals surface area contributed by atoms with Gasteiger partial charge in [0.1, 0.15) is 5.82 Å². The van der Waals surface area contributed by atoms with Crippen LogP contribution in [-0.2, 0) is 0 Å². The molecule has 0 atom stereocenters. The molecule has 0 saturated heterocycles. The zero-order valence-electron chi connectivity index (χ0n) is 10.0. The van der Waals surface area contributed by atoms with Crippen molar-refractivity contribution >= 4 is 5.91 Å². The average molecular weight is 223 g/mol. The molecule has 0 saturated carbocycles. The summed E-state index contributed by atoms with van der Waals surface area (Å²) in [5.41, 5.74) is 0.535. The normalized spacial score (nSPS) is 10.6. The molecule has 1 amide bonds. The van der Waals surface area contributed by atoms with Crippen molar-refractivity contribution in [1.82, 2.24) is 4.90 Å². The minimum Gasteiger partial charge on any atom is -0.342 e. The largest absolute Gasteiger partial charge is 0.342 e. The molecule has 0 aromatic heterocycles. The van der Waals surface area contributed by atoms with E-state index in [1.807, 2.05) is 0 Å². The van der Waals surface area contributed by atoms with Gasteiger partial charge in [-0.25, -0.2) is 4.39 Å². The van der Waals surface area contributed by atoms with E-state index in [-0.39, 0.29) is 11.7 Å². The number of amides is 1. The number of benzene rings is 1. The fraction of sp³-hybridized carbons (Fsp3) is 0.462. The van der Waals surface area contributed by atoms with E-state index >= 15 is 0 Å². The fourth-order valence-electron chi connectivity index (χ4n) is 1.37. The molecule has 0 aliphatic carbocycles. The summed E-state index contributed by atoms with van der Waals surface area (Å²) in [7, 11) is 1.77. The summed E-state index contributed by atoms with van der Waals surface area (Å²) >= 11 is 0. The maximum atomic E-state index is 12.7. The molecule has 0 heterocycles. The first-order valence-electron chi connectivity index (χ1n) is 5.51. The van der Waals surface area contributed by atoms with Gasteiger partial charge >= 0.3 is 0 Å². The molecule has 2 nitrogen and oxygen atoms in total. The van der Waals surface area contributed by atoms with Crippen LogP contribution in [0.1, 0.15) is 30.6 Å². The zero-order valence-corrected chi connectivity index (χ0v) is 10.0. The Bertz CT molecular complexity index is 345. The number of carbonyl (C=O) groups excluding carboxylic acids is 1. The van der Waals surface area contributed by atoms with Gasteiger partial charge in [0, 0.05) is 19.2 Å². The van der Waals surface area contributed by atoms with E-state index in [1.54, 1.807) is 11.9 Å². The van der Waals surface area contributed by atoms with Crippen molar-refractivity contribution in [2.75, 3.05) is 13.6 Å². The highest BCUT2D eigenvalue weighted by molar-refractivity contribution is 5.93. The van der Waals surface area contributed by atoms with Gasteiger partial charge < -0.3 is 4.90 Å². The van der Waals surface area contributed by atoms with E-state index in [0.29, 0.717) is 11.5 Å². The number of hydrogen-bond donors (Lipinski definition) is 0. The predicted octanol–water partition coefficient (Wildman–Crippen LogP) is 2.94. The molecule has 16 heavy (non-hydrogen) atoms. The van der Waals surface area contributed by atoms with Gasteiger partial charge in [0.05, 0.1) is 0 Å². The molecule has 88 valence electrons. The average Bonchev–Trinajstić information content (AvgIpc) is 2.26. The molecule has 0 unspecified atom stereocenters. The van der Waals surface area contributed by atoms with Gasteiger partial charge in [-0.3, -0.25) is 4.79 Å². The second kappa shape index (κ2) is 5.64. The summed E-state index contributed by atoms with van der Waals surface area (Å²) in [6, 6.07) is 5.65. The van der Waals surface area contributed by atoms with Crippen molar-refractivity contribution in [3.8, 4) is 0 Å². The van der Waals surface area contributed by atoms with E-state index in [9.17, 15) is 9.18 Å².